The van der Waals surface area contributed by atoms with Gasteiger partial charge in [-0.05, 0) is 43.9 Å². The lowest BCUT2D eigenvalue weighted by molar-refractivity contribution is -0.0320. The maximum absolute atomic E-state index is 5.97. The Labute approximate surface area is 192 Å². The van der Waals surface area contributed by atoms with Gasteiger partial charge in [-0.1, -0.05) is 12.1 Å². The predicted molar refractivity (Wildman–Crippen MR) is 127 cm³/mol. The highest BCUT2D eigenvalue weighted by atomic mass is 16.5. The Balaban J connectivity index is 1.53. The van der Waals surface area contributed by atoms with E-state index in [1.807, 2.05) is 12.1 Å². The smallest absolute Gasteiger partial charge is 0.191 e. The molecule has 0 saturated carbocycles. The molecule has 2 saturated heterocycles. The molecular weight excluding hydrogens is 408 g/mol. The fourth-order valence-corrected chi connectivity index (χ4v) is 4.04. The van der Waals surface area contributed by atoms with Gasteiger partial charge in [0.15, 0.2) is 5.96 Å². The van der Waals surface area contributed by atoms with Gasteiger partial charge in [0.2, 0.25) is 0 Å². The van der Waals surface area contributed by atoms with Crippen LogP contribution in [0.2, 0.25) is 0 Å². The summed E-state index contributed by atoms with van der Waals surface area (Å²) in [5.74, 6) is 1.72. The molecule has 32 heavy (non-hydrogen) atoms. The lowest BCUT2D eigenvalue weighted by Crippen LogP contribution is -2.42. The van der Waals surface area contributed by atoms with Gasteiger partial charge in [-0.25, -0.2) is 0 Å². The number of nitrogens with zero attached hydrogens (tertiary/aromatic N) is 2. The van der Waals surface area contributed by atoms with Crippen LogP contribution in [0.3, 0.4) is 0 Å². The molecule has 0 aromatic heterocycles. The monoisotopic (exact) mass is 448 g/mol. The standard InChI is InChI=1S/C24H40N4O4/c1-3-25-24(26-11-4-14-32-22-9-15-30-16-10-22)27-19-23(28-12-17-31-18-13-28)20-5-7-21(29-2)8-6-20/h5-8,22-23H,3-4,9-19H2,1-2H3,(H2,25,26,27). The van der Waals surface area contributed by atoms with Crippen LogP contribution in [0, 0.1) is 0 Å². The van der Waals surface area contributed by atoms with Crippen molar-refractivity contribution in [3.8, 4) is 5.75 Å². The average Bonchev–Trinajstić information content (AvgIpc) is 2.85. The van der Waals surface area contributed by atoms with E-state index < -0.39 is 0 Å². The van der Waals surface area contributed by atoms with Crippen molar-refractivity contribution in [1.82, 2.24) is 15.5 Å². The Hall–Kier alpha value is -1.87. The first-order valence-corrected chi connectivity index (χ1v) is 12.0. The van der Waals surface area contributed by atoms with Crippen LogP contribution < -0.4 is 15.4 Å². The number of rotatable bonds is 11. The number of hydrogen-bond donors (Lipinski definition) is 2. The molecule has 8 nitrogen and oxygen atoms in total. The quantitative estimate of drug-likeness (QED) is 0.305. The molecule has 3 rings (SSSR count). The molecule has 2 N–H and O–H groups in total. The van der Waals surface area contributed by atoms with Crippen molar-refractivity contribution in [2.24, 2.45) is 4.99 Å². The number of methoxy groups -OCH3 is 1. The Bertz CT molecular complexity index is 658. The molecule has 180 valence electrons. The second-order valence-electron chi connectivity index (χ2n) is 8.12. The number of benzene rings is 1. The van der Waals surface area contributed by atoms with Crippen molar-refractivity contribution in [3.05, 3.63) is 29.8 Å². The molecule has 2 fully saturated rings. The number of guanidine groups is 1. The molecule has 0 bridgehead atoms. The zero-order valence-electron chi connectivity index (χ0n) is 19.7. The van der Waals surface area contributed by atoms with Gasteiger partial charge in [0.05, 0.1) is 39.0 Å². The molecule has 1 atom stereocenters. The molecule has 2 heterocycles. The minimum Gasteiger partial charge on any atom is -0.497 e. The third-order valence-electron chi connectivity index (χ3n) is 5.89. The molecule has 2 aliphatic rings. The van der Waals surface area contributed by atoms with Gasteiger partial charge < -0.3 is 29.6 Å². The van der Waals surface area contributed by atoms with E-state index >= 15 is 0 Å². The Morgan fingerprint density at radius 2 is 1.81 bits per heavy atom. The summed E-state index contributed by atoms with van der Waals surface area (Å²) in [6, 6.07) is 8.53. The minimum absolute atomic E-state index is 0.206. The number of ether oxygens (including phenoxy) is 4. The van der Waals surface area contributed by atoms with E-state index in [-0.39, 0.29) is 6.04 Å². The van der Waals surface area contributed by atoms with Crippen LogP contribution in [0.15, 0.2) is 29.3 Å². The highest BCUT2D eigenvalue weighted by Crippen LogP contribution is 2.24. The van der Waals surface area contributed by atoms with Gasteiger partial charge >= 0.3 is 0 Å². The molecule has 0 spiro atoms. The molecule has 1 unspecified atom stereocenters. The largest absolute Gasteiger partial charge is 0.497 e. The van der Waals surface area contributed by atoms with Gasteiger partial charge in [0, 0.05) is 46.0 Å². The summed E-state index contributed by atoms with van der Waals surface area (Å²) in [7, 11) is 1.70. The van der Waals surface area contributed by atoms with Crippen molar-refractivity contribution >= 4 is 5.96 Å². The second-order valence-corrected chi connectivity index (χ2v) is 8.12. The normalized spacial score (nSPS) is 19.5. The molecule has 0 amide bonds. The van der Waals surface area contributed by atoms with Crippen LogP contribution in [-0.2, 0) is 14.2 Å². The van der Waals surface area contributed by atoms with E-state index in [9.17, 15) is 0 Å². The summed E-state index contributed by atoms with van der Waals surface area (Å²) in [6.07, 6.45) is 3.31. The van der Waals surface area contributed by atoms with E-state index in [4.69, 9.17) is 23.9 Å². The maximum Gasteiger partial charge on any atom is 0.191 e. The molecule has 0 radical (unpaired) electrons. The van der Waals surface area contributed by atoms with Crippen LogP contribution >= 0.6 is 0 Å². The van der Waals surface area contributed by atoms with Crippen LogP contribution in [-0.4, -0.2) is 89.8 Å². The second kappa shape index (κ2) is 14.3. The first-order valence-electron chi connectivity index (χ1n) is 12.0. The van der Waals surface area contributed by atoms with Crippen molar-refractivity contribution < 1.29 is 18.9 Å². The topological polar surface area (TPSA) is 76.6 Å². The first kappa shape index (κ1) is 24.8. The zero-order chi connectivity index (χ0) is 22.4. The van der Waals surface area contributed by atoms with Gasteiger partial charge in [0.1, 0.15) is 5.75 Å². The van der Waals surface area contributed by atoms with Gasteiger partial charge in [0.25, 0.3) is 0 Å². The molecule has 1 aromatic carbocycles. The summed E-state index contributed by atoms with van der Waals surface area (Å²) in [5.41, 5.74) is 1.25. The number of hydrogen-bond acceptors (Lipinski definition) is 6. The minimum atomic E-state index is 0.206. The number of aliphatic imine (C=N–C) groups is 1. The van der Waals surface area contributed by atoms with Crippen molar-refractivity contribution in [2.75, 3.05) is 72.9 Å². The molecule has 2 aliphatic heterocycles. The Morgan fingerprint density at radius 1 is 1.09 bits per heavy atom. The van der Waals surface area contributed by atoms with Gasteiger partial charge in [-0.2, -0.15) is 0 Å². The lowest BCUT2D eigenvalue weighted by Gasteiger charge is -2.34. The number of morpholine rings is 1. The summed E-state index contributed by atoms with van der Waals surface area (Å²) >= 11 is 0. The van der Waals surface area contributed by atoms with Crippen LogP contribution in [0.25, 0.3) is 0 Å². The Morgan fingerprint density at radius 3 is 2.50 bits per heavy atom. The number of nitrogens with one attached hydrogen (secondary N) is 2. The van der Waals surface area contributed by atoms with E-state index in [2.05, 4.69) is 34.6 Å². The average molecular weight is 449 g/mol. The highest BCUT2D eigenvalue weighted by molar-refractivity contribution is 5.79. The SMILES string of the molecule is CCNC(=NCC(c1ccc(OC)cc1)N1CCOCC1)NCCCOC1CCOCC1. The third kappa shape index (κ3) is 8.24. The van der Waals surface area contributed by atoms with Crippen molar-refractivity contribution in [3.63, 3.8) is 0 Å². The fourth-order valence-electron chi connectivity index (χ4n) is 4.04. The third-order valence-corrected chi connectivity index (χ3v) is 5.89. The lowest BCUT2D eigenvalue weighted by atomic mass is 10.0. The fraction of sp³-hybridized carbons (Fsp3) is 0.708. The molecule has 1 aromatic rings. The van der Waals surface area contributed by atoms with E-state index in [0.29, 0.717) is 12.6 Å². The summed E-state index contributed by atoms with van der Waals surface area (Å²) in [5, 5.41) is 6.83. The summed E-state index contributed by atoms with van der Waals surface area (Å²) in [4.78, 5) is 7.38. The van der Waals surface area contributed by atoms with E-state index in [1.54, 1.807) is 7.11 Å². The van der Waals surface area contributed by atoms with E-state index in [0.717, 1.165) is 90.2 Å². The Kier molecular flexibility index (Phi) is 11.1. The van der Waals surface area contributed by atoms with Crippen molar-refractivity contribution in [2.45, 2.75) is 38.3 Å². The van der Waals surface area contributed by atoms with Crippen molar-refractivity contribution in [1.29, 1.82) is 0 Å². The van der Waals surface area contributed by atoms with Gasteiger partial charge in [-0.15, -0.1) is 0 Å². The molecule has 0 aliphatic carbocycles. The first-order chi connectivity index (χ1) is 15.8. The maximum atomic E-state index is 5.97. The van der Waals surface area contributed by atoms with Crippen LogP contribution in [0.5, 0.6) is 5.75 Å². The highest BCUT2D eigenvalue weighted by Gasteiger charge is 2.22. The zero-order valence-corrected chi connectivity index (χ0v) is 19.7. The predicted octanol–water partition coefficient (Wildman–Crippen LogP) is 2.21. The summed E-state index contributed by atoms with van der Waals surface area (Å²) in [6.45, 7) is 10.2. The molecule has 8 heteroatoms. The van der Waals surface area contributed by atoms with Crippen LogP contribution in [0.4, 0.5) is 0 Å². The van der Waals surface area contributed by atoms with Gasteiger partial charge in [-0.3, -0.25) is 9.89 Å². The van der Waals surface area contributed by atoms with E-state index in [1.165, 1.54) is 5.56 Å². The van der Waals surface area contributed by atoms with Crippen LogP contribution in [0.1, 0.15) is 37.8 Å². The summed E-state index contributed by atoms with van der Waals surface area (Å²) < 4.78 is 22.3. The molecular formula is C24H40N4O4.